The summed E-state index contributed by atoms with van der Waals surface area (Å²) in [4.78, 5) is 2.42. The zero-order chi connectivity index (χ0) is 20.6. The van der Waals surface area contributed by atoms with Crippen LogP contribution in [0.15, 0.2) is 48.3 Å². The molecule has 1 aromatic carbocycles. The number of aromatic nitrogens is 4. The Morgan fingerprint density at radius 3 is 2.66 bits per heavy atom. The van der Waals surface area contributed by atoms with E-state index < -0.39 is 0 Å². The molecule has 1 saturated heterocycles. The van der Waals surface area contributed by atoms with Gasteiger partial charge in [-0.3, -0.25) is 5.10 Å². The molecule has 1 unspecified atom stereocenters. The summed E-state index contributed by atoms with van der Waals surface area (Å²) in [6.45, 7) is 7.90. The van der Waals surface area contributed by atoms with E-state index in [9.17, 15) is 5.11 Å². The molecule has 0 radical (unpaired) electrons. The number of hydrogen-bond donors (Lipinski definition) is 2. The Balaban J connectivity index is 1.57. The molecule has 2 N–H and O–H groups in total. The van der Waals surface area contributed by atoms with Crippen molar-refractivity contribution < 1.29 is 5.11 Å². The molecule has 6 heteroatoms. The summed E-state index contributed by atoms with van der Waals surface area (Å²) in [5, 5.41) is 26.0. The molecule has 1 fully saturated rings. The van der Waals surface area contributed by atoms with Crippen LogP contribution in [0.2, 0.25) is 0 Å². The van der Waals surface area contributed by atoms with Crippen LogP contribution in [0.3, 0.4) is 0 Å². The largest absolute Gasteiger partial charge is 0.507 e. The lowest BCUT2D eigenvalue weighted by molar-refractivity contribution is 0.0884. The van der Waals surface area contributed by atoms with E-state index in [1.165, 1.54) is 5.57 Å². The van der Waals surface area contributed by atoms with Gasteiger partial charge >= 0.3 is 0 Å². The van der Waals surface area contributed by atoms with Crippen LogP contribution in [0.25, 0.3) is 28.5 Å². The number of phenolic OH excluding ortho intramolecular Hbond substituents is 1. The van der Waals surface area contributed by atoms with Crippen molar-refractivity contribution in [3.63, 3.8) is 0 Å². The number of aromatic amines is 1. The first-order chi connectivity index (χ1) is 13.9. The maximum absolute atomic E-state index is 10.5. The number of nitrogens with one attached hydrogen (secondary N) is 1. The summed E-state index contributed by atoms with van der Waals surface area (Å²) in [6.07, 6.45) is 6.72. The number of hydrogen-bond acceptors (Lipinski definition) is 5. The Hall–Kier alpha value is -2.99. The molecular weight excluding hydrogens is 362 g/mol. The van der Waals surface area contributed by atoms with E-state index in [0.717, 1.165) is 29.8 Å². The molecule has 0 saturated carbocycles. The highest BCUT2D eigenvalue weighted by molar-refractivity contribution is 5.73. The second-order valence-electron chi connectivity index (χ2n) is 8.33. The molecule has 29 heavy (non-hydrogen) atoms. The summed E-state index contributed by atoms with van der Waals surface area (Å²) in [7, 11) is 2.19. The van der Waals surface area contributed by atoms with Crippen molar-refractivity contribution in [3.05, 3.63) is 54.0 Å². The van der Waals surface area contributed by atoms with Crippen molar-refractivity contribution in [2.45, 2.75) is 32.7 Å². The molecule has 3 aromatic rings. The number of piperidine rings is 1. The van der Waals surface area contributed by atoms with Gasteiger partial charge in [-0.2, -0.15) is 10.2 Å². The fourth-order valence-corrected chi connectivity index (χ4v) is 3.87. The van der Waals surface area contributed by atoms with Crippen LogP contribution in [0, 0.1) is 5.92 Å². The molecule has 6 nitrogen and oxygen atoms in total. The van der Waals surface area contributed by atoms with E-state index in [1.807, 2.05) is 24.3 Å². The summed E-state index contributed by atoms with van der Waals surface area (Å²) in [5.41, 5.74) is 5.52. The normalized spacial score (nSPS) is 20.8. The summed E-state index contributed by atoms with van der Waals surface area (Å²) < 4.78 is 0. The molecule has 1 aliphatic heterocycles. The third-order valence-corrected chi connectivity index (χ3v) is 6.46. The average molecular weight is 390 g/mol. The first kappa shape index (κ1) is 19.3. The van der Waals surface area contributed by atoms with Gasteiger partial charge in [0.15, 0.2) is 0 Å². The first-order valence-corrected chi connectivity index (χ1v) is 9.94. The van der Waals surface area contributed by atoms with Gasteiger partial charge in [0.1, 0.15) is 5.75 Å². The molecule has 1 atom stereocenters. The van der Waals surface area contributed by atoms with Crippen LogP contribution in [0.4, 0.5) is 0 Å². The van der Waals surface area contributed by atoms with E-state index in [1.54, 1.807) is 18.5 Å². The molecule has 3 heterocycles. The second-order valence-corrected chi connectivity index (χ2v) is 8.33. The summed E-state index contributed by atoms with van der Waals surface area (Å²) >= 11 is 0. The van der Waals surface area contributed by atoms with Crippen molar-refractivity contribution in [1.29, 1.82) is 0 Å². The lowest BCUT2D eigenvalue weighted by Gasteiger charge is -2.46. The SMILES string of the molecule is CC1C(=Cc2ccc(-c3ccc(-c4cn[nH]c4)cc3O)nn2)CCN(C)C1(C)C. The quantitative estimate of drug-likeness (QED) is 0.695. The fourth-order valence-electron chi connectivity index (χ4n) is 3.87. The first-order valence-electron chi connectivity index (χ1n) is 9.94. The highest BCUT2D eigenvalue weighted by atomic mass is 16.3. The zero-order valence-corrected chi connectivity index (χ0v) is 17.3. The van der Waals surface area contributed by atoms with E-state index in [0.29, 0.717) is 17.2 Å². The van der Waals surface area contributed by atoms with Crippen LogP contribution in [0.5, 0.6) is 5.75 Å². The topological polar surface area (TPSA) is 77.9 Å². The molecule has 0 spiro atoms. The van der Waals surface area contributed by atoms with Crippen molar-refractivity contribution >= 4 is 6.08 Å². The van der Waals surface area contributed by atoms with Gasteiger partial charge in [0.25, 0.3) is 0 Å². The van der Waals surface area contributed by atoms with Gasteiger partial charge in [0, 0.05) is 29.4 Å². The van der Waals surface area contributed by atoms with Gasteiger partial charge in [-0.05, 0) is 69.1 Å². The number of nitrogens with zero attached hydrogens (tertiary/aromatic N) is 4. The number of rotatable bonds is 3. The van der Waals surface area contributed by atoms with Gasteiger partial charge in [0.05, 0.1) is 17.6 Å². The van der Waals surface area contributed by atoms with Gasteiger partial charge in [-0.1, -0.05) is 18.6 Å². The number of phenols is 1. The van der Waals surface area contributed by atoms with Gasteiger partial charge in [0.2, 0.25) is 0 Å². The van der Waals surface area contributed by atoms with Gasteiger partial charge in [-0.15, -0.1) is 5.10 Å². The highest BCUT2D eigenvalue weighted by Gasteiger charge is 2.36. The van der Waals surface area contributed by atoms with Gasteiger partial charge in [-0.25, -0.2) is 0 Å². The standard InChI is InChI=1S/C23H27N5O/c1-15-16(9-10-28(4)23(15,2)3)11-19-6-8-21(27-26-19)20-7-5-17(12-22(20)29)18-13-24-25-14-18/h5-8,11-15,29H,9-10H2,1-4H3,(H,24,25). The molecule has 0 amide bonds. The Morgan fingerprint density at radius 1 is 1.17 bits per heavy atom. The molecule has 150 valence electrons. The van der Waals surface area contributed by atoms with Crippen LogP contribution in [0.1, 0.15) is 32.9 Å². The highest BCUT2D eigenvalue weighted by Crippen LogP contribution is 2.36. The van der Waals surface area contributed by atoms with E-state index >= 15 is 0 Å². The smallest absolute Gasteiger partial charge is 0.125 e. The Kier molecular flexibility index (Phi) is 4.96. The van der Waals surface area contributed by atoms with E-state index in [2.05, 4.69) is 59.2 Å². The molecular formula is C23H27N5O. The molecule has 0 bridgehead atoms. The maximum Gasteiger partial charge on any atom is 0.125 e. The fraction of sp³-hybridized carbons (Fsp3) is 0.348. The molecule has 0 aliphatic carbocycles. The maximum atomic E-state index is 10.5. The third kappa shape index (κ3) is 3.68. The summed E-state index contributed by atoms with van der Waals surface area (Å²) in [5.74, 6) is 0.622. The van der Waals surface area contributed by atoms with Crippen LogP contribution >= 0.6 is 0 Å². The minimum atomic E-state index is 0.125. The van der Waals surface area contributed by atoms with Crippen LogP contribution in [-0.4, -0.2) is 49.5 Å². The lowest BCUT2D eigenvalue weighted by atomic mass is 9.77. The van der Waals surface area contributed by atoms with Crippen LogP contribution in [-0.2, 0) is 0 Å². The Labute approximate surface area is 171 Å². The minimum absolute atomic E-state index is 0.125. The zero-order valence-electron chi connectivity index (χ0n) is 17.3. The Bertz CT molecular complexity index is 1020. The van der Waals surface area contributed by atoms with Gasteiger partial charge < -0.3 is 10.0 Å². The van der Waals surface area contributed by atoms with E-state index in [4.69, 9.17) is 0 Å². The van der Waals surface area contributed by atoms with Crippen molar-refractivity contribution in [3.8, 4) is 28.1 Å². The predicted molar refractivity (Wildman–Crippen MR) is 115 cm³/mol. The van der Waals surface area contributed by atoms with Crippen LogP contribution < -0.4 is 0 Å². The predicted octanol–water partition coefficient (Wildman–Crippen LogP) is 4.37. The third-order valence-electron chi connectivity index (χ3n) is 6.46. The molecule has 1 aliphatic rings. The van der Waals surface area contributed by atoms with Crippen molar-refractivity contribution in [2.75, 3.05) is 13.6 Å². The number of likely N-dealkylation sites (tertiary alicyclic amines) is 1. The average Bonchev–Trinajstić information content (AvgIpc) is 3.24. The Morgan fingerprint density at radius 2 is 2.00 bits per heavy atom. The second kappa shape index (κ2) is 7.44. The van der Waals surface area contributed by atoms with Crippen molar-refractivity contribution in [1.82, 2.24) is 25.3 Å². The molecule has 2 aromatic heterocycles. The monoisotopic (exact) mass is 389 g/mol. The number of aromatic hydroxyl groups is 1. The molecule has 4 rings (SSSR count). The lowest BCUT2D eigenvalue weighted by Crippen LogP contribution is -2.50. The minimum Gasteiger partial charge on any atom is -0.507 e. The number of benzene rings is 1. The van der Waals surface area contributed by atoms with E-state index in [-0.39, 0.29) is 11.3 Å². The number of H-pyrrole nitrogens is 1. The summed E-state index contributed by atoms with van der Waals surface area (Å²) in [6, 6.07) is 9.41. The van der Waals surface area contributed by atoms with Crippen molar-refractivity contribution in [2.24, 2.45) is 5.92 Å².